The average Bonchev–Trinajstić information content (AvgIpc) is 2.97. The van der Waals surface area contributed by atoms with E-state index in [-0.39, 0.29) is 11.7 Å². The maximum Gasteiger partial charge on any atom is 0.257 e. The van der Waals surface area contributed by atoms with Crippen LogP contribution in [0.1, 0.15) is 32.8 Å². The Labute approximate surface area is 167 Å². The number of nitrogens with zero attached hydrogens (tertiary/aromatic N) is 2. The molecular formula is C21H28N4O2S. The Kier molecular flexibility index (Phi) is 7.34. The van der Waals surface area contributed by atoms with Crippen molar-refractivity contribution in [3.63, 3.8) is 0 Å². The summed E-state index contributed by atoms with van der Waals surface area (Å²) < 4.78 is 29.0. The number of benzene rings is 1. The zero-order valence-electron chi connectivity index (χ0n) is 16.6. The largest absolute Gasteiger partial charge is 0.402 e. The van der Waals surface area contributed by atoms with Crippen LogP contribution in [-0.2, 0) is 15.8 Å². The molecule has 7 heteroatoms. The molecule has 3 N–H and O–H groups in total. The molecule has 1 aliphatic rings. The zero-order valence-corrected chi connectivity index (χ0v) is 17.5. The van der Waals surface area contributed by atoms with Crippen LogP contribution >= 0.6 is 0 Å². The molecule has 0 fully saturated rings. The van der Waals surface area contributed by atoms with Gasteiger partial charge >= 0.3 is 0 Å². The number of amidine groups is 1. The SMILES string of the molecule is C=C1C(NC=CC)=NCC1CC(C(C)=NS(=O)(=O)Cc1ccccc1)=C(C)N. The second kappa shape index (κ2) is 9.50. The van der Waals surface area contributed by atoms with Gasteiger partial charge in [0.05, 0.1) is 11.5 Å². The first-order valence-electron chi connectivity index (χ1n) is 9.13. The van der Waals surface area contributed by atoms with Crippen molar-refractivity contribution in [1.29, 1.82) is 0 Å². The van der Waals surface area contributed by atoms with Crippen LogP contribution in [0.4, 0.5) is 0 Å². The third-order valence-corrected chi connectivity index (χ3v) is 5.73. The van der Waals surface area contributed by atoms with E-state index in [4.69, 9.17) is 5.73 Å². The number of rotatable bonds is 7. The van der Waals surface area contributed by atoms with E-state index in [1.54, 1.807) is 32.2 Å². The van der Waals surface area contributed by atoms with Crippen molar-refractivity contribution in [3.8, 4) is 0 Å². The minimum atomic E-state index is -3.66. The molecular weight excluding hydrogens is 372 g/mol. The average molecular weight is 401 g/mol. The van der Waals surface area contributed by atoms with Gasteiger partial charge in [0, 0.05) is 18.2 Å². The van der Waals surface area contributed by atoms with Crippen molar-refractivity contribution in [2.75, 3.05) is 6.54 Å². The number of nitrogens with two attached hydrogens (primary N) is 1. The number of hydrogen-bond acceptors (Lipinski definition) is 5. The minimum Gasteiger partial charge on any atom is -0.402 e. The number of sulfonamides is 1. The molecule has 150 valence electrons. The molecule has 0 amide bonds. The van der Waals surface area contributed by atoms with Crippen LogP contribution in [0.25, 0.3) is 0 Å². The maximum atomic E-state index is 12.5. The summed E-state index contributed by atoms with van der Waals surface area (Å²) in [5.74, 6) is 0.672. The molecule has 1 atom stereocenters. The first kappa shape index (κ1) is 21.6. The number of aliphatic imine (C=N–C) groups is 1. The van der Waals surface area contributed by atoms with Crippen LogP contribution in [0.5, 0.6) is 0 Å². The van der Waals surface area contributed by atoms with E-state index in [1.807, 2.05) is 31.2 Å². The van der Waals surface area contributed by atoms with Gasteiger partial charge in [0.15, 0.2) is 0 Å². The third kappa shape index (κ3) is 5.92. The van der Waals surface area contributed by atoms with E-state index in [2.05, 4.69) is 21.3 Å². The molecule has 0 aromatic heterocycles. The van der Waals surface area contributed by atoms with Gasteiger partial charge in [-0.15, -0.1) is 0 Å². The van der Waals surface area contributed by atoms with Crippen LogP contribution < -0.4 is 11.1 Å². The van der Waals surface area contributed by atoms with Crippen molar-refractivity contribution in [1.82, 2.24) is 5.32 Å². The molecule has 0 aliphatic carbocycles. The monoisotopic (exact) mass is 400 g/mol. The predicted molar refractivity (Wildman–Crippen MR) is 117 cm³/mol. The van der Waals surface area contributed by atoms with Crippen LogP contribution in [0.2, 0.25) is 0 Å². The summed E-state index contributed by atoms with van der Waals surface area (Å²) in [4.78, 5) is 4.47. The molecule has 6 nitrogen and oxygen atoms in total. The van der Waals surface area contributed by atoms with E-state index < -0.39 is 10.0 Å². The normalized spacial score (nSPS) is 19.0. The number of hydrogen-bond donors (Lipinski definition) is 2. The Hall–Kier alpha value is -2.67. The van der Waals surface area contributed by atoms with Gasteiger partial charge in [0.25, 0.3) is 10.0 Å². The Bertz CT molecular complexity index is 938. The molecule has 2 rings (SSSR count). The van der Waals surface area contributed by atoms with Gasteiger partial charge in [-0.1, -0.05) is 43.0 Å². The number of allylic oxidation sites excluding steroid dienone is 3. The van der Waals surface area contributed by atoms with Gasteiger partial charge in [-0.3, -0.25) is 4.99 Å². The molecule has 1 heterocycles. The summed E-state index contributed by atoms with van der Waals surface area (Å²) in [6, 6.07) is 9.00. The molecule has 1 aromatic carbocycles. The van der Waals surface area contributed by atoms with Crippen LogP contribution in [-0.4, -0.2) is 26.5 Å². The lowest BCUT2D eigenvalue weighted by Gasteiger charge is -2.16. The van der Waals surface area contributed by atoms with Crippen LogP contribution in [0.15, 0.2) is 75.4 Å². The summed E-state index contributed by atoms with van der Waals surface area (Å²) in [6.07, 6.45) is 4.23. The highest BCUT2D eigenvalue weighted by Crippen LogP contribution is 2.27. The van der Waals surface area contributed by atoms with Gasteiger partial charge in [-0.2, -0.15) is 4.40 Å². The van der Waals surface area contributed by atoms with E-state index in [1.165, 1.54) is 0 Å². The Balaban J connectivity index is 2.15. The Morgan fingerprint density at radius 2 is 2.04 bits per heavy atom. The molecule has 0 spiro atoms. The molecule has 0 bridgehead atoms. The fourth-order valence-electron chi connectivity index (χ4n) is 3.02. The number of nitrogens with one attached hydrogen (secondary N) is 1. The van der Waals surface area contributed by atoms with E-state index in [9.17, 15) is 8.42 Å². The topological polar surface area (TPSA) is 96.9 Å². The van der Waals surface area contributed by atoms with Gasteiger partial charge in [-0.05, 0) is 50.1 Å². The Morgan fingerprint density at radius 1 is 1.36 bits per heavy atom. The van der Waals surface area contributed by atoms with Gasteiger partial charge in [0.2, 0.25) is 0 Å². The molecule has 0 saturated heterocycles. The molecule has 28 heavy (non-hydrogen) atoms. The molecule has 1 unspecified atom stereocenters. The maximum absolute atomic E-state index is 12.5. The summed E-state index contributed by atoms with van der Waals surface area (Å²) in [5, 5.41) is 3.10. The fraction of sp³-hybridized carbons (Fsp3) is 0.333. The first-order valence-corrected chi connectivity index (χ1v) is 10.7. The second-order valence-electron chi connectivity index (χ2n) is 6.81. The van der Waals surface area contributed by atoms with E-state index in [0.717, 1.165) is 17.0 Å². The van der Waals surface area contributed by atoms with Crippen molar-refractivity contribution < 1.29 is 8.42 Å². The summed E-state index contributed by atoms with van der Waals surface area (Å²) >= 11 is 0. The lowest BCUT2D eigenvalue weighted by Crippen LogP contribution is -2.20. The van der Waals surface area contributed by atoms with Gasteiger partial charge < -0.3 is 11.1 Å². The molecule has 0 radical (unpaired) electrons. The first-order chi connectivity index (χ1) is 13.2. The highest BCUT2D eigenvalue weighted by atomic mass is 32.2. The lowest BCUT2D eigenvalue weighted by atomic mass is 9.91. The highest BCUT2D eigenvalue weighted by Gasteiger charge is 2.25. The standard InChI is InChI=1S/C21H28N4O2S/c1-5-11-23-21-15(2)19(13-24-21)12-20(16(3)22)17(4)25-28(26,27)14-18-9-7-6-8-10-18/h5-11,19H,2,12-14,22H2,1,3-4H3,(H,23,24). The summed E-state index contributed by atoms with van der Waals surface area (Å²) in [6.45, 7) is 10.1. The molecule has 1 aromatic rings. The minimum absolute atomic E-state index is 0.0585. The van der Waals surface area contributed by atoms with Crippen molar-refractivity contribution in [2.45, 2.75) is 32.9 Å². The predicted octanol–water partition coefficient (Wildman–Crippen LogP) is 3.31. The van der Waals surface area contributed by atoms with Gasteiger partial charge in [0.1, 0.15) is 5.84 Å². The summed E-state index contributed by atoms with van der Waals surface area (Å²) in [5.41, 5.74) is 9.34. The quantitative estimate of drug-likeness (QED) is 0.686. The third-order valence-electron chi connectivity index (χ3n) is 4.48. The lowest BCUT2D eigenvalue weighted by molar-refractivity contribution is 0.597. The second-order valence-corrected chi connectivity index (χ2v) is 8.45. The molecule has 0 saturated carbocycles. The highest BCUT2D eigenvalue weighted by molar-refractivity contribution is 7.89. The smallest absolute Gasteiger partial charge is 0.257 e. The van der Waals surface area contributed by atoms with Crippen molar-refractivity contribution in [3.05, 3.63) is 71.6 Å². The van der Waals surface area contributed by atoms with Crippen molar-refractivity contribution >= 4 is 21.6 Å². The van der Waals surface area contributed by atoms with Gasteiger partial charge in [-0.25, -0.2) is 8.42 Å². The van der Waals surface area contributed by atoms with Crippen LogP contribution in [0, 0.1) is 5.92 Å². The van der Waals surface area contributed by atoms with Crippen molar-refractivity contribution in [2.24, 2.45) is 21.0 Å². The fourth-order valence-corrected chi connectivity index (χ4v) is 4.22. The summed E-state index contributed by atoms with van der Waals surface area (Å²) in [7, 11) is -3.66. The molecule has 1 aliphatic heterocycles. The van der Waals surface area contributed by atoms with E-state index >= 15 is 0 Å². The Morgan fingerprint density at radius 3 is 2.64 bits per heavy atom. The zero-order chi connectivity index (χ0) is 20.7. The van der Waals surface area contributed by atoms with E-state index in [0.29, 0.717) is 29.9 Å². The van der Waals surface area contributed by atoms with Crippen LogP contribution in [0.3, 0.4) is 0 Å².